The van der Waals surface area contributed by atoms with Gasteiger partial charge < -0.3 is 9.31 Å². The maximum absolute atomic E-state index is 5.05. The van der Waals surface area contributed by atoms with Gasteiger partial charge in [-0.3, -0.25) is 0 Å². The Balaban J connectivity index is 2.24. The van der Waals surface area contributed by atoms with Crippen molar-refractivity contribution in [2.45, 2.75) is 0 Å². The molecule has 0 aromatic heterocycles. The summed E-state index contributed by atoms with van der Waals surface area (Å²) in [4.78, 5) is 1.74. The van der Waals surface area contributed by atoms with Crippen LogP contribution in [0.3, 0.4) is 0 Å². The third kappa shape index (κ3) is 1.61. The fraction of sp³-hybridized carbons (Fsp3) is 0.500. The zero-order valence-electron chi connectivity index (χ0n) is 4.34. The van der Waals surface area contributed by atoms with Gasteiger partial charge in [0.2, 0.25) is 0 Å². The Morgan fingerprint density at radius 2 is 2.00 bits per heavy atom. The van der Waals surface area contributed by atoms with Crippen LogP contribution in [0.1, 0.15) is 0 Å². The lowest BCUT2D eigenvalue weighted by Gasteiger charge is -1.91. The highest BCUT2D eigenvalue weighted by Gasteiger charge is 2.18. The number of hydrogen-bond donors (Lipinski definition) is 0. The maximum Gasteiger partial charge on any atom is 0.486 e. The van der Waals surface area contributed by atoms with Gasteiger partial charge in [0.25, 0.3) is 0 Å². The largest absolute Gasteiger partial charge is 0.486 e. The van der Waals surface area contributed by atoms with Gasteiger partial charge in [-0.1, -0.05) is 15.9 Å². The highest BCUT2D eigenvalue weighted by Crippen LogP contribution is 2.00. The summed E-state index contributed by atoms with van der Waals surface area (Å²) in [5, 5.41) is 0. The molecule has 0 aromatic carbocycles. The predicted octanol–water partition coefficient (Wildman–Crippen LogP) is 0.969. The summed E-state index contributed by atoms with van der Waals surface area (Å²) in [6.07, 6.45) is 0. The lowest BCUT2D eigenvalue weighted by molar-refractivity contribution is 0.365. The lowest BCUT2D eigenvalue weighted by Crippen LogP contribution is -2.08. The fourth-order valence-electron chi connectivity index (χ4n) is 0.547. The second-order valence-electron chi connectivity index (χ2n) is 1.43. The molecule has 0 amide bonds. The van der Waals surface area contributed by atoms with E-state index in [1.54, 1.807) is 4.99 Å². The van der Waals surface area contributed by atoms with Crippen LogP contribution in [0, 0.1) is 0 Å². The molecule has 4 heteroatoms. The molecule has 1 rings (SSSR count). The zero-order chi connectivity index (χ0) is 5.82. The van der Waals surface area contributed by atoms with E-state index in [0.29, 0.717) is 13.2 Å². The summed E-state index contributed by atoms with van der Waals surface area (Å²) in [5.41, 5.74) is 0. The van der Waals surface area contributed by atoms with Crippen molar-refractivity contribution in [2.75, 3.05) is 13.2 Å². The summed E-state index contributed by atoms with van der Waals surface area (Å²) >= 11 is 3.12. The Morgan fingerprint density at radius 3 is 2.50 bits per heavy atom. The van der Waals surface area contributed by atoms with Crippen molar-refractivity contribution < 1.29 is 9.31 Å². The molecule has 1 heterocycles. The van der Waals surface area contributed by atoms with Gasteiger partial charge in [-0.15, -0.1) is 0 Å². The van der Waals surface area contributed by atoms with Crippen LogP contribution >= 0.6 is 15.9 Å². The first-order valence-corrected chi connectivity index (χ1v) is 3.35. The van der Waals surface area contributed by atoms with Crippen LogP contribution in [0.5, 0.6) is 0 Å². The van der Waals surface area contributed by atoms with Gasteiger partial charge >= 0.3 is 7.12 Å². The fourth-order valence-corrected chi connectivity index (χ4v) is 0.796. The van der Waals surface area contributed by atoms with E-state index >= 15 is 0 Å². The minimum atomic E-state index is -0.116. The minimum absolute atomic E-state index is 0.116. The van der Waals surface area contributed by atoms with E-state index in [0.717, 1.165) is 0 Å². The van der Waals surface area contributed by atoms with Gasteiger partial charge in [-0.2, -0.15) is 0 Å². The molecule has 0 saturated carbocycles. The average Bonchev–Trinajstić information content (AvgIpc) is 2.19. The zero-order valence-corrected chi connectivity index (χ0v) is 5.93. The third-order valence-corrected chi connectivity index (χ3v) is 1.18. The molecule has 8 heavy (non-hydrogen) atoms. The smallest absolute Gasteiger partial charge is 0.405 e. The summed E-state index contributed by atoms with van der Waals surface area (Å²) < 4.78 is 10.1. The molecule has 1 aliphatic rings. The van der Waals surface area contributed by atoms with E-state index in [1.165, 1.54) is 0 Å². The molecule has 0 aliphatic carbocycles. The molecule has 0 N–H and O–H groups in total. The third-order valence-electron chi connectivity index (χ3n) is 0.877. The average molecular weight is 177 g/mol. The SMILES string of the molecule is Br/C=C/B1OCCO1. The van der Waals surface area contributed by atoms with E-state index in [2.05, 4.69) is 15.9 Å². The molecular weight excluding hydrogens is 171 g/mol. The molecule has 0 radical (unpaired) electrons. The standard InChI is InChI=1S/C4H6BBrO2/c6-2-1-5-7-3-4-8-5/h1-2H,3-4H2/b2-1+. The Kier molecular flexibility index (Phi) is 2.59. The molecular formula is C4H6BBrO2. The molecule has 2 nitrogen and oxygen atoms in total. The summed E-state index contributed by atoms with van der Waals surface area (Å²) in [7, 11) is -0.116. The molecule has 1 saturated heterocycles. The highest BCUT2D eigenvalue weighted by molar-refractivity contribution is 9.11. The van der Waals surface area contributed by atoms with Gasteiger partial charge in [0, 0.05) is 0 Å². The van der Waals surface area contributed by atoms with Crippen LogP contribution in [-0.2, 0) is 9.31 Å². The maximum atomic E-state index is 5.05. The van der Waals surface area contributed by atoms with Crippen molar-refractivity contribution in [3.8, 4) is 0 Å². The van der Waals surface area contributed by atoms with Crippen LogP contribution in [0.15, 0.2) is 11.0 Å². The predicted molar refractivity (Wildman–Crippen MR) is 35.7 cm³/mol. The van der Waals surface area contributed by atoms with Crippen molar-refractivity contribution in [1.29, 1.82) is 0 Å². The topological polar surface area (TPSA) is 18.5 Å². The number of halogens is 1. The van der Waals surface area contributed by atoms with Gasteiger partial charge in [0.05, 0.1) is 13.2 Å². The molecule has 0 spiro atoms. The monoisotopic (exact) mass is 176 g/mol. The Bertz CT molecular complexity index is 90.0. The van der Waals surface area contributed by atoms with Gasteiger partial charge in [-0.25, -0.2) is 0 Å². The van der Waals surface area contributed by atoms with Gasteiger partial charge in [0.1, 0.15) is 0 Å². The highest BCUT2D eigenvalue weighted by atomic mass is 79.9. The molecule has 44 valence electrons. The van der Waals surface area contributed by atoms with Crippen LogP contribution < -0.4 is 0 Å². The Hall–Kier alpha value is 0.205. The van der Waals surface area contributed by atoms with Crippen molar-refractivity contribution >= 4 is 23.0 Å². The second-order valence-corrected chi connectivity index (χ2v) is 1.96. The molecule has 1 aliphatic heterocycles. The molecule has 0 bridgehead atoms. The first kappa shape index (κ1) is 6.33. The first-order valence-electron chi connectivity index (χ1n) is 2.43. The van der Waals surface area contributed by atoms with Crippen LogP contribution in [0.25, 0.3) is 0 Å². The van der Waals surface area contributed by atoms with E-state index < -0.39 is 0 Å². The van der Waals surface area contributed by atoms with Crippen LogP contribution in [0.2, 0.25) is 0 Å². The Labute approximate surface area is 57.1 Å². The van der Waals surface area contributed by atoms with E-state index in [9.17, 15) is 0 Å². The van der Waals surface area contributed by atoms with Gasteiger partial charge in [0.15, 0.2) is 0 Å². The Morgan fingerprint density at radius 1 is 1.38 bits per heavy atom. The van der Waals surface area contributed by atoms with Crippen molar-refractivity contribution in [2.24, 2.45) is 0 Å². The summed E-state index contributed by atoms with van der Waals surface area (Å²) in [6, 6.07) is 0. The lowest BCUT2D eigenvalue weighted by atomic mass is 9.92. The number of rotatable bonds is 1. The van der Waals surface area contributed by atoms with Crippen LogP contribution in [0.4, 0.5) is 0 Å². The van der Waals surface area contributed by atoms with Crippen molar-refractivity contribution in [3.05, 3.63) is 11.0 Å². The van der Waals surface area contributed by atoms with E-state index in [1.807, 2.05) is 5.98 Å². The van der Waals surface area contributed by atoms with E-state index in [4.69, 9.17) is 9.31 Å². The van der Waals surface area contributed by atoms with Crippen molar-refractivity contribution in [1.82, 2.24) is 0 Å². The van der Waals surface area contributed by atoms with Crippen LogP contribution in [-0.4, -0.2) is 20.3 Å². The first-order chi connectivity index (χ1) is 3.93. The molecule has 0 unspecified atom stereocenters. The molecule has 0 atom stereocenters. The molecule has 1 fully saturated rings. The summed E-state index contributed by atoms with van der Waals surface area (Å²) in [5.74, 6) is 1.81. The van der Waals surface area contributed by atoms with E-state index in [-0.39, 0.29) is 7.12 Å². The van der Waals surface area contributed by atoms with Gasteiger partial charge in [-0.05, 0) is 11.0 Å². The number of hydrogen-bond acceptors (Lipinski definition) is 2. The second kappa shape index (κ2) is 3.27. The molecule has 0 aromatic rings. The normalized spacial score (nSPS) is 20.9. The minimum Gasteiger partial charge on any atom is -0.405 e. The quantitative estimate of drug-likeness (QED) is 0.555. The summed E-state index contributed by atoms with van der Waals surface area (Å²) in [6.45, 7) is 1.42. The van der Waals surface area contributed by atoms with Crippen molar-refractivity contribution in [3.63, 3.8) is 0 Å².